The summed E-state index contributed by atoms with van der Waals surface area (Å²) >= 11 is 0. The summed E-state index contributed by atoms with van der Waals surface area (Å²) in [6.45, 7) is 13.1. The van der Waals surface area contributed by atoms with Crippen LogP contribution < -0.4 is 4.90 Å². The molecule has 0 radical (unpaired) electrons. The molecule has 4 aliphatic heterocycles. The Morgan fingerprint density at radius 3 is 2.47 bits per heavy atom. The Kier molecular flexibility index (Phi) is 10.3. The number of anilines is 1. The summed E-state index contributed by atoms with van der Waals surface area (Å²) in [5.74, 6) is -1.90. The van der Waals surface area contributed by atoms with Gasteiger partial charge in [0, 0.05) is 58.1 Å². The fourth-order valence-electron chi connectivity index (χ4n) is 7.47. The standard InChI is InChI=1S/C33H46N4O6/c1-3-15-35(19-18-34-20-23-42-24-21-34)32(41)29-33-14-13-26(43-33)27(28(33)31(40)37(29)17-9-6-10-22-38)30(39)36(16-4-2)25-11-7-5-8-12-25/h3-5,7-8,11-12,26-29,38H,1-2,6,9-10,13-24H2/t26-,27+,28-,29?,33?/m0/s1. The van der Waals surface area contributed by atoms with Gasteiger partial charge in [-0.3, -0.25) is 19.3 Å². The highest BCUT2D eigenvalue weighted by atomic mass is 16.5. The van der Waals surface area contributed by atoms with Crippen LogP contribution in [0.25, 0.3) is 0 Å². The van der Waals surface area contributed by atoms with Gasteiger partial charge >= 0.3 is 0 Å². The molecule has 5 atom stereocenters. The summed E-state index contributed by atoms with van der Waals surface area (Å²) in [6, 6.07) is 8.61. The number of benzene rings is 1. The molecule has 1 aromatic carbocycles. The quantitative estimate of drug-likeness (QED) is 0.245. The SMILES string of the molecule is C=CCN(CCN1CCOCC1)C(=O)C1N(CCCCCO)C(=O)[C@@H]2[C@H](C(=O)N(CC=C)c3ccccc3)[C@@H]3CCC12O3. The third-order valence-corrected chi connectivity index (χ3v) is 9.47. The van der Waals surface area contributed by atoms with Crippen molar-refractivity contribution in [2.24, 2.45) is 11.8 Å². The Balaban J connectivity index is 1.44. The van der Waals surface area contributed by atoms with Crippen molar-refractivity contribution in [1.82, 2.24) is 14.7 Å². The lowest BCUT2D eigenvalue weighted by molar-refractivity contribution is -0.148. The molecule has 2 bridgehead atoms. The first-order valence-corrected chi connectivity index (χ1v) is 15.7. The molecular formula is C33H46N4O6. The zero-order valence-electron chi connectivity index (χ0n) is 25.1. The number of aliphatic hydroxyl groups is 1. The minimum Gasteiger partial charge on any atom is -0.396 e. The average molecular weight is 595 g/mol. The number of nitrogens with zero attached hydrogens (tertiary/aromatic N) is 4. The lowest BCUT2D eigenvalue weighted by atomic mass is 9.70. The van der Waals surface area contributed by atoms with Crippen molar-refractivity contribution in [2.75, 3.05) is 70.5 Å². The van der Waals surface area contributed by atoms with Crippen LogP contribution in [0.3, 0.4) is 0 Å². The first kappa shape index (κ1) is 31.4. The van der Waals surface area contributed by atoms with E-state index in [0.29, 0.717) is 71.6 Å². The van der Waals surface area contributed by atoms with Crippen LogP contribution in [-0.4, -0.2) is 121 Å². The van der Waals surface area contributed by atoms with Gasteiger partial charge in [0.25, 0.3) is 0 Å². The van der Waals surface area contributed by atoms with Crippen molar-refractivity contribution >= 4 is 23.4 Å². The number of likely N-dealkylation sites (tertiary alicyclic amines) is 1. The van der Waals surface area contributed by atoms with E-state index in [4.69, 9.17) is 9.47 Å². The molecule has 234 valence electrons. The normalized spacial score (nSPS) is 28.1. The largest absolute Gasteiger partial charge is 0.396 e. The Bertz CT molecular complexity index is 1160. The van der Waals surface area contributed by atoms with Gasteiger partial charge < -0.3 is 29.3 Å². The van der Waals surface area contributed by atoms with Gasteiger partial charge in [-0.1, -0.05) is 30.4 Å². The molecular weight excluding hydrogens is 548 g/mol. The molecule has 10 nitrogen and oxygen atoms in total. The molecule has 1 aromatic rings. The zero-order chi connectivity index (χ0) is 30.4. The highest BCUT2D eigenvalue weighted by Gasteiger charge is 2.74. The van der Waals surface area contributed by atoms with Crippen LogP contribution in [-0.2, 0) is 23.9 Å². The molecule has 1 N–H and O–H groups in total. The molecule has 4 heterocycles. The van der Waals surface area contributed by atoms with Crippen molar-refractivity contribution in [3.05, 3.63) is 55.6 Å². The molecule has 4 fully saturated rings. The van der Waals surface area contributed by atoms with Crippen LogP contribution in [0.2, 0.25) is 0 Å². The van der Waals surface area contributed by atoms with Crippen molar-refractivity contribution in [3.63, 3.8) is 0 Å². The summed E-state index contributed by atoms with van der Waals surface area (Å²) in [5, 5.41) is 9.32. The summed E-state index contributed by atoms with van der Waals surface area (Å²) in [5.41, 5.74) is -0.311. The molecule has 2 unspecified atom stereocenters. The minimum absolute atomic E-state index is 0.0809. The molecule has 4 aliphatic rings. The van der Waals surface area contributed by atoms with Crippen molar-refractivity contribution in [1.29, 1.82) is 0 Å². The van der Waals surface area contributed by atoms with Crippen LogP contribution in [0.1, 0.15) is 32.1 Å². The number of hydrogen-bond donors (Lipinski definition) is 1. The number of aliphatic hydroxyl groups excluding tert-OH is 1. The van der Waals surface area contributed by atoms with Gasteiger partial charge in [0.15, 0.2) is 0 Å². The second kappa shape index (κ2) is 14.2. The lowest BCUT2D eigenvalue weighted by Crippen LogP contribution is -2.57. The van der Waals surface area contributed by atoms with Crippen molar-refractivity contribution in [3.8, 4) is 0 Å². The van der Waals surface area contributed by atoms with Gasteiger partial charge in [0.2, 0.25) is 17.7 Å². The molecule has 43 heavy (non-hydrogen) atoms. The molecule has 4 saturated heterocycles. The Morgan fingerprint density at radius 1 is 1.02 bits per heavy atom. The molecule has 3 amide bonds. The Morgan fingerprint density at radius 2 is 1.77 bits per heavy atom. The fourth-order valence-corrected chi connectivity index (χ4v) is 7.47. The summed E-state index contributed by atoms with van der Waals surface area (Å²) in [6.07, 6.45) is 6.18. The fraction of sp³-hybridized carbons (Fsp3) is 0.606. The maximum absolute atomic E-state index is 14.5. The summed E-state index contributed by atoms with van der Waals surface area (Å²) in [4.78, 5) is 50.6. The first-order chi connectivity index (χ1) is 21.0. The Hall–Kier alpha value is -3.05. The number of rotatable bonds is 15. The number of carbonyl (C=O) groups is 3. The summed E-state index contributed by atoms with van der Waals surface area (Å²) in [7, 11) is 0. The van der Waals surface area contributed by atoms with Crippen LogP contribution in [0.5, 0.6) is 0 Å². The number of carbonyl (C=O) groups excluding carboxylic acids is 3. The van der Waals surface area contributed by atoms with Gasteiger partial charge in [0.1, 0.15) is 11.6 Å². The van der Waals surface area contributed by atoms with E-state index >= 15 is 0 Å². The second-order valence-corrected chi connectivity index (χ2v) is 12.0. The minimum atomic E-state index is -1.05. The number of para-hydroxylation sites is 1. The van der Waals surface area contributed by atoms with E-state index < -0.39 is 29.6 Å². The van der Waals surface area contributed by atoms with Gasteiger partial charge in [-0.05, 0) is 44.2 Å². The number of amides is 3. The topological polar surface area (TPSA) is 103 Å². The monoisotopic (exact) mass is 594 g/mol. The van der Waals surface area contributed by atoms with Crippen LogP contribution in [0, 0.1) is 11.8 Å². The van der Waals surface area contributed by atoms with Gasteiger partial charge in [0.05, 0.1) is 31.2 Å². The number of morpholine rings is 1. The van der Waals surface area contributed by atoms with Gasteiger partial charge in [-0.15, -0.1) is 13.2 Å². The third-order valence-electron chi connectivity index (χ3n) is 9.47. The van der Waals surface area contributed by atoms with E-state index in [1.165, 1.54) is 0 Å². The highest BCUT2D eigenvalue weighted by Crippen LogP contribution is 2.59. The van der Waals surface area contributed by atoms with Crippen LogP contribution >= 0.6 is 0 Å². The molecule has 1 spiro atoms. The Labute approximate surface area is 254 Å². The molecule has 0 saturated carbocycles. The number of fused-ring (bicyclic) bond motifs is 1. The van der Waals surface area contributed by atoms with E-state index in [9.17, 15) is 19.5 Å². The molecule has 0 aromatic heterocycles. The maximum atomic E-state index is 14.5. The predicted molar refractivity (Wildman–Crippen MR) is 163 cm³/mol. The number of ether oxygens (including phenoxy) is 2. The predicted octanol–water partition coefficient (Wildman–Crippen LogP) is 2.09. The van der Waals surface area contributed by atoms with E-state index in [-0.39, 0.29) is 24.3 Å². The van der Waals surface area contributed by atoms with Crippen LogP contribution in [0.15, 0.2) is 55.6 Å². The van der Waals surface area contributed by atoms with Gasteiger partial charge in [-0.2, -0.15) is 0 Å². The molecule has 5 rings (SSSR count). The van der Waals surface area contributed by atoms with E-state index in [0.717, 1.165) is 25.2 Å². The van der Waals surface area contributed by atoms with E-state index in [1.54, 1.807) is 26.9 Å². The zero-order valence-corrected chi connectivity index (χ0v) is 25.1. The maximum Gasteiger partial charge on any atom is 0.248 e. The van der Waals surface area contributed by atoms with E-state index in [1.807, 2.05) is 30.3 Å². The highest BCUT2D eigenvalue weighted by molar-refractivity contribution is 6.03. The average Bonchev–Trinajstić information content (AvgIpc) is 3.68. The van der Waals surface area contributed by atoms with E-state index in [2.05, 4.69) is 18.1 Å². The number of hydrogen-bond acceptors (Lipinski definition) is 7. The van der Waals surface area contributed by atoms with Gasteiger partial charge in [-0.25, -0.2) is 0 Å². The number of unbranched alkanes of at least 4 members (excludes halogenated alkanes) is 2. The summed E-state index contributed by atoms with van der Waals surface area (Å²) < 4.78 is 12.2. The third kappa shape index (κ3) is 6.16. The van der Waals surface area contributed by atoms with Crippen molar-refractivity contribution < 1.29 is 29.0 Å². The first-order valence-electron chi connectivity index (χ1n) is 15.7. The molecule has 10 heteroatoms. The smallest absolute Gasteiger partial charge is 0.248 e. The van der Waals surface area contributed by atoms with Crippen molar-refractivity contribution in [2.45, 2.75) is 49.9 Å². The van der Waals surface area contributed by atoms with Crippen LogP contribution in [0.4, 0.5) is 5.69 Å². The lowest BCUT2D eigenvalue weighted by Gasteiger charge is -2.37. The molecule has 0 aliphatic carbocycles. The second-order valence-electron chi connectivity index (χ2n) is 12.0.